The number of H-pyrrole nitrogens is 1. The normalized spacial score (nSPS) is 11.8. The summed E-state index contributed by atoms with van der Waals surface area (Å²) in [7, 11) is 5.04. The SMILES string of the molecule is COC(=O)c1cnc2[nH]c(-c3cc(/C=C(\C)OC)c(C)n3C)cc2c1. The summed E-state index contributed by atoms with van der Waals surface area (Å²) in [4.78, 5) is 19.3. The van der Waals surface area contributed by atoms with Crippen LogP contribution in [0.1, 0.15) is 28.5 Å². The van der Waals surface area contributed by atoms with Crippen molar-refractivity contribution < 1.29 is 14.3 Å². The minimum Gasteiger partial charge on any atom is -0.501 e. The zero-order valence-corrected chi connectivity index (χ0v) is 15.0. The lowest BCUT2D eigenvalue weighted by Gasteiger charge is -2.03. The summed E-state index contributed by atoms with van der Waals surface area (Å²) in [5.74, 6) is 0.454. The van der Waals surface area contributed by atoms with Gasteiger partial charge in [-0.25, -0.2) is 9.78 Å². The molecule has 3 rings (SSSR count). The van der Waals surface area contributed by atoms with Gasteiger partial charge in [-0.15, -0.1) is 0 Å². The Balaban J connectivity index is 2.08. The molecule has 3 aromatic heterocycles. The lowest BCUT2D eigenvalue weighted by molar-refractivity contribution is 0.0600. The number of nitrogens with zero attached hydrogens (tertiary/aromatic N) is 2. The van der Waals surface area contributed by atoms with Crippen molar-refractivity contribution in [3.05, 3.63) is 47.0 Å². The molecule has 0 fully saturated rings. The fourth-order valence-electron chi connectivity index (χ4n) is 2.79. The second-order valence-corrected chi connectivity index (χ2v) is 5.92. The third-order valence-corrected chi connectivity index (χ3v) is 4.42. The Morgan fingerprint density at radius 2 is 2.00 bits per heavy atom. The number of carbonyl (C=O) groups excluding carboxylic acids is 1. The van der Waals surface area contributed by atoms with E-state index in [2.05, 4.69) is 27.5 Å². The van der Waals surface area contributed by atoms with E-state index in [0.29, 0.717) is 5.56 Å². The Kier molecular flexibility index (Phi) is 4.35. The van der Waals surface area contributed by atoms with Gasteiger partial charge in [0.05, 0.1) is 36.9 Å². The summed E-state index contributed by atoms with van der Waals surface area (Å²) in [6, 6.07) is 5.86. The molecule has 0 spiro atoms. The number of aromatic nitrogens is 3. The first-order valence-corrected chi connectivity index (χ1v) is 7.90. The monoisotopic (exact) mass is 339 g/mol. The van der Waals surface area contributed by atoms with E-state index >= 15 is 0 Å². The molecule has 3 aromatic rings. The highest BCUT2D eigenvalue weighted by Crippen LogP contribution is 2.28. The van der Waals surface area contributed by atoms with Gasteiger partial charge in [0, 0.05) is 24.3 Å². The number of esters is 1. The van der Waals surface area contributed by atoms with Crippen LogP contribution < -0.4 is 0 Å². The number of methoxy groups -OCH3 is 2. The predicted octanol–water partition coefficient (Wildman–Crippen LogP) is 3.67. The van der Waals surface area contributed by atoms with Gasteiger partial charge in [0.25, 0.3) is 0 Å². The van der Waals surface area contributed by atoms with Crippen molar-refractivity contribution in [1.82, 2.24) is 14.5 Å². The van der Waals surface area contributed by atoms with Crippen LogP contribution in [0.15, 0.2) is 30.2 Å². The van der Waals surface area contributed by atoms with Gasteiger partial charge in [0.15, 0.2) is 0 Å². The number of allylic oxidation sites excluding steroid dienone is 1. The summed E-state index contributed by atoms with van der Waals surface area (Å²) in [5.41, 5.74) is 5.36. The lowest BCUT2D eigenvalue weighted by Crippen LogP contribution is -2.01. The first kappa shape index (κ1) is 16.8. The standard InChI is InChI=1S/C19H21N3O3/c1-11(24-4)6-13-9-17(22(3)12(13)2)16-8-14-7-15(19(23)25-5)10-20-18(14)21-16/h6-10H,1-5H3,(H,20,21)/b11-6+. The Labute approximate surface area is 146 Å². The first-order valence-electron chi connectivity index (χ1n) is 7.90. The Morgan fingerprint density at radius 3 is 2.68 bits per heavy atom. The minimum atomic E-state index is -0.394. The van der Waals surface area contributed by atoms with Gasteiger partial charge in [-0.1, -0.05) is 0 Å². The molecule has 0 radical (unpaired) electrons. The number of hydrogen-bond donors (Lipinski definition) is 1. The minimum absolute atomic E-state index is 0.394. The number of ether oxygens (including phenoxy) is 2. The summed E-state index contributed by atoms with van der Waals surface area (Å²) < 4.78 is 12.1. The largest absolute Gasteiger partial charge is 0.501 e. The van der Waals surface area contributed by atoms with Crippen LogP contribution in [0.5, 0.6) is 0 Å². The maximum absolute atomic E-state index is 11.7. The van der Waals surface area contributed by atoms with Crippen LogP contribution >= 0.6 is 0 Å². The van der Waals surface area contributed by atoms with Gasteiger partial charge in [0.1, 0.15) is 5.65 Å². The van der Waals surface area contributed by atoms with E-state index in [0.717, 1.165) is 39.4 Å². The molecule has 0 bridgehead atoms. The quantitative estimate of drug-likeness (QED) is 0.582. The molecule has 25 heavy (non-hydrogen) atoms. The fraction of sp³-hybridized carbons (Fsp3) is 0.263. The molecule has 0 atom stereocenters. The van der Waals surface area contributed by atoms with Crippen LogP contribution in [-0.2, 0) is 16.5 Å². The summed E-state index contributed by atoms with van der Waals surface area (Å²) in [5, 5.41) is 0.863. The molecule has 3 heterocycles. The van der Waals surface area contributed by atoms with Crippen molar-refractivity contribution in [2.45, 2.75) is 13.8 Å². The van der Waals surface area contributed by atoms with Crippen LogP contribution in [0.2, 0.25) is 0 Å². The predicted molar refractivity (Wildman–Crippen MR) is 97.2 cm³/mol. The van der Waals surface area contributed by atoms with E-state index in [4.69, 9.17) is 9.47 Å². The number of rotatable bonds is 4. The second-order valence-electron chi connectivity index (χ2n) is 5.92. The maximum atomic E-state index is 11.7. The highest BCUT2D eigenvalue weighted by Gasteiger charge is 2.14. The molecule has 0 saturated heterocycles. The van der Waals surface area contributed by atoms with Crippen molar-refractivity contribution in [2.75, 3.05) is 14.2 Å². The van der Waals surface area contributed by atoms with Crippen LogP contribution in [0, 0.1) is 6.92 Å². The highest BCUT2D eigenvalue weighted by molar-refractivity contribution is 5.94. The van der Waals surface area contributed by atoms with Crippen molar-refractivity contribution >= 4 is 23.1 Å². The average molecular weight is 339 g/mol. The Morgan fingerprint density at radius 1 is 1.24 bits per heavy atom. The molecule has 6 heteroatoms. The summed E-state index contributed by atoms with van der Waals surface area (Å²) in [6.07, 6.45) is 3.52. The van der Waals surface area contributed by atoms with Gasteiger partial charge in [-0.05, 0) is 43.7 Å². The van der Waals surface area contributed by atoms with Crippen molar-refractivity contribution in [1.29, 1.82) is 0 Å². The molecule has 0 aliphatic carbocycles. The zero-order valence-electron chi connectivity index (χ0n) is 15.0. The molecule has 1 N–H and O–H groups in total. The van der Waals surface area contributed by atoms with Crippen molar-refractivity contribution in [2.24, 2.45) is 7.05 Å². The number of carbonyl (C=O) groups is 1. The fourth-order valence-corrected chi connectivity index (χ4v) is 2.79. The number of hydrogen-bond acceptors (Lipinski definition) is 4. The topological polar surface area (TPSA) is 69.1 Å². The van der Waals surface area contributed by atoms with E-state index in [1.807, 2.05) is 26.1 Å². The maximum Gasteiger partial charge on any atom is 0.339 e. The van der Waals surface area contributed by atoms with Crippen LogP contribution in [0.25, 0.3) is 28.5 Å². The molecule has 130 valence electrons. The van der Waals surface area contributed by atoms with Gasteiger partial charge >= 0.3 is 5.97 Å². The molecule has 0 unspecified atom stereocenters. The van der Waals surface area contributed by atoms with Crippen molar-refractivity contribution in [3.63, 3.8) is 0 Å². The van der Waals surface area contributed by atoms with E-state index in [1.165, 1.54) is 13.3 Å². The number of pyridine rings is 1. The van der Waals surface area contributed by atoms with Crippen LogP contribution in [0.4, 0.5) is 0 Å². The molecule has 0 aliphatic heterocycles. The molecule has 0 aromatic carbocycles. The van der Waals surface area contributed by atoms with E-state index in [1.54, 1.807) is 13.2 Å². The van der Waals surface area contributed by atoms with Crippen molar-refractivity contribution in [3.8, 4) is 11.4 Å². The third kappa shape index (κ3) is 3.03. The second kappa shape index (κ2) is 6.47. The van der Waals surface area contributed by atoms with E-state index in [9.17, 15) is 4.79 Å². The Hall–Kier alpha value is -3.02. The van der Waals surface area contributed by atoms with Crippen LogP contribution in [0.3, 0.4) is 0 Å². The summed E-state index contributed by atoms with van der Waals surface area (Å²) in [6.45, 7) is 3.99. The van der Waals surface area contributed by atoms with Gasteiger partial charge in [-0.2, -0.15) is 0 Å². The molecule has 6 nitrogen and oxygen atoms in total. The molecular formula is C19H21N3O3. The smallest absolute Gasteiger partial charge is 0.339 e. The third-order valence-electron chi connectivity index (χ3n) is 4.42. The lowest BCUT2D eigenvalue weighted by atomic mass is 10.2. The molecule has 0 aliphatic rings. The number of aromatic amines is 1. The van der Waals surface area contributed by atoms with E-state index < -0.39 is 5.97 Å². The van der Waals surface area contributed by atoms with Crippen LogP contribution in [-0.4, -0.2) is 34.7 Å². The molecule has 0 amide bonds. The summed E-state index contributed by atoms with van der Waals surface area (Å²) >= 11 is 0. The number of nitrogens with one attached hydrogen (secondary N) is 1. The number of fused-ring (bicyclic) bond motifs is 1. The molecule has 0 saturated carbocycles. The van der Waals surface area contributed by atoms with Gasteiger partial charge in [-0.3, -0.25) is 0 Å². The molecular weight excluding hydrogens is 318 g/mol. The first-order chi connectivity index (χ1) is 11.9. The Bertz CT molecular complexity index is 979. The van der Waals surface area contributed by atoms with E-state index in [-0.39, 0.29) is 0 Å². The highest BCUT2D eigenvalue weighted by atomic mass is 16.5. The zero-order chi connectivity index (χ0) is 18.1. The van der Waals surface area contributed by atoms with Gasteiger partial charge < -0.3 is 19.0 Å². The average Bonchev–Trinajstić information content (AvgIpc) is 3.16. The van der Waals surface area contributed by atoms with Gasteiger partial charge in [0.2, 0.25) is 0 Å².